The Kier molecular flexibility index (Phi) is 5.83. The van der Waals surface area contributed by atoms with Gasteiger partial charge in [0.25, 0.3) is 5.91 Å². The Morgan fingerprint density at radius 2 is 2.04 bits per heavy atom. The van der Waals surface area contributed by atoms with Crippen molar-refractivity contribution in [2.24, 2.45) is 5.92 Å². The van der Waals surface area contributed by atoms with Crippen LogP contribution in [0.15, 0.2) is 60.8 Å². The summed E-state index contributed by atoms with van der Waals surface area (Å²) < 4.78 is 11.3. The Labute approximate surface area is 164 Å². The van der Waals surface area contributed by atoms with Crippen molar-refractivity contribution in [2.75, 3.05) is 26.4 Å². The number of ether oxygens (including phenoxy) is 2. The molecule has 1 saturated heterocycles. The first-order valence-electron chi connectivity index (χ1n) is 9.71. The molecule has 2 heterocycles. The molecule has 5 nitrogen and oxygen atoms in total. The lowest BCUT2D eigenvalue weighted by molar-refractivity contribution is 0.0940. The molecule has 0 radical (unpaired) electrons. The molecule has 5 heteroatoms. The summed E-state index contributed by atoms with van der Waals surface area (Å²) in [6.45, 7) is 2.71. The molecule has 4 rings (SSSR count). The molecule has 1 amide bonds. The van der Waals surface area contributed by atoms with Crippen molar-refractivity contribution in [1.82, 2.24) is 10.3 Å². The van der Waals surface area contributed by atoms with E-state index in [-0.39, 0.29) is 5.91 Å². The van der Waals surface area contributed by atoms with Gasteiger partial charge in [-0.05, 0) is 29.5 Å². The van der Waals surface area contributed by atoms with Gasteiger partial charge in [-0.1, -0.05) is 42.5 Å². The molecule has 0 saturated carbocycles. The molecule has 0 aliphatic carbocycles. The predicted molar refractivity (Wildman–Crippen MR) is 109 cm³/mol. The maximum absolute atomic E-state index is 12.2. The van der Waals surface area contributed by atoms with Gasteiger partial charge in [0.2, 0.25) is 0 Å². The largest absolute Gasteiger partial charge is 0.493 e. The van der Waals surface area contributed by atoms with E-state index in [1.54, 1.807) is 12.3 Å². The van der Waals surface area contributed by atoms with Crippen molar-refractivity contribution in [3.05, 3.63) is 72.1 Å². The third-order valence-electron chi connectivity index (χ3n) is 5.03. The lowest BCUT2D eigenvalue weighted by atomic mass is 10.1. The Morgan fingerprint density at radius 3 is 2.86 bits per heavy atom. The second-order valence-electron chi connectivity index (χ2n) is 7.07. The van der Waals surface area contributed by atoms with Gasteiger partial charge in [0.05, 0.1) is 13.2 Å². The maximum Gasteiger partial charge on any atom is 0.269 e. The summed E-state index contributed by atoms with van der Waals surface area (Å²) in [6.07, 6.45) is 3.49. The fourth-order valence-corrected chi connectivity index (χ4v) is 3.38. The van der Waals surface area contributed by atoms with Gasteiger partial charge in [0, 0.05) is 37.1 Å². The van der Waals surface area contributed by atoms with Gasteiger partial charge in [0.15, 0.2) is 0 Å². The summed E-state index contributed by atoms with van der Waals surface area (Å²) in [5, 5.41) is 5.22. The van der Waals surface area contributed by atoms with E-state index in [0.717, 1.165) is 42.8 Å². The number of benzene rings is 2. The minimum Gasteiger partial charge on any atom is -0.493 e. The van der Waals surface area contributed by atoms with Gasteiger partial charge in [0.1, 0.15) is 11.4 Å². The van der Waals surface area contributed by atoms with Crippen LogP contribution in [-0.4, -0.2) is 37.3 Å². The fraction of sp³-hybridized carbons (Fsp3) is 0.304. The van der Waals surface area contributed by atoms with E-state index >= 15 is 0 Å². The van der Waals surface area contributed by atoms with Gasteiger partial charge in [-0.25, -0.2) is 0 Å². The first-order valence-corrected chi connectivity index (χ1v) is 9.71. The molecule has 2 aromatic carbocycles. The lowest BCUT2D eigenvalue weighted by Gasteiger charge is -2.10. The van der Waals surface area contributed by atoms with E-state index in [4.69, 9.17) is 9.47 Å². The van der Waals surface area contributed by atoms with Crippen LogP contribution in [0, 0.1) is 5.92 Å². The van der Waals surface area contributed by atoms with E-state index in [1.807, 2.05) is 30.3 Å². The highest BCUT2D eigenvalue weighted by molar-refractivity contribution is 5.92. The summed E-state index contributed by atoms with van der Waals surface area (Å²) in [6, 6.07) is 18.0. The van der Waals surface area contributed by atoms with Crippen LogP contribution in [0.4, 0.5) is 0 Å². The van der Waals surface area contributed by atoms with Gasteiger partial charge in [-0.3, -0.25) is 9.78 Å². The second kappa shape index (κ2) is 8.85. The number of nitrogens with zero attached hydrogens (tertiary/aromatic N) is 1. The molecule has 1 unspecified atom stereocenters. The van der Waals surface area contributed by atoms with Crippen molar-refractivity contribution in [3.8, 4) is 5.75 Å². The molecular formula is C23H24N2O3. The summed E-state index contributed by atoms with van der Waals surface area (Å²) in [5.74, 6) is 1.16. The molecule has 3 aromatic rings. The third-order valence-corrected chi connectivity index (χ3v) is 5.03. The number of nitrogens with one attached hydrogen (secondary N) is 1. The van der Waals surface area contributed by atoms with E-state index in [9.17, 15) is 4.79 Å². The average molecular weight is 376 g/mol. The van der Waals surface area contributed by atoms with Crippen molar-refractivity contribution in [2.45, 2.75) is 12.8 Å². The minimum absolute atomic E-state index is 0.134. The molecule has 0 spiro atoms. The first-order chi connectivity index (χ1) is 13.8. The highest BCUT2D eigenvalue weighted by Crippen LogP contribution is 2.25. The average Bonchev–Trinajstić information content (AvgIpc) is 3.26. The van der Waals surface area contributed by atoms with Crippen LogP contribution < -0.4 is 10.1 Å². The molecular weight excluding hydrogens is 352 g/mol. The Balaban J connectivity index is 1.29. The van der Waals surface area contributed by atoms with Crippen LogP contribution >= 0.6 is 0 Å². The zero-order valence-electron chi connectivity index (χ0n) is 15.8. The fourth-order valence-electron chi connectivity index (χ4n) is 3.38. The van der Waals surface area contributed by atoms with E-state index in [2.05, 4.69) is 28.5 Å². The van der Waals surface area contributed by atoms with Gasteiger partial charge >= 0.3 is 0 Å². The molecule has 1 aliphatic rings. The zero-order chi connectivity index (χ0) is 19.2. The molecule has 1 fully saturated rings. The van der Waals surface area contributed by atoms with E-state index in [0.29, 0.717) is 24.8 Å². The number of carbonyl (C=O) groups excluding carboxylic acids is 1. The number of hydrogen-bond donors (Lipinski definition) is 1. The van der Waals surface area contributed by atoms with Crippen molar-refractivity contribution in [1.29, 1.82) is 0 Å². The van der Waals surface area contributed by atoms with Crippen LogP contribution in [0.2, 0.25) is 0 Å². The highest BCUT2D eigenvalue weighted by atomic mass is 16.5. The third kappa shape index (κ3) is 4.49. The monoisotopic (exact) mass is 376 g/mol. The smallest absolute Gasteiger partial charge is 0.269 e. The number of fused-ring (bicyclic) bond motifs is 1. The summed E-state index contributed by atoms with van der Waals surface area (Å²) in [5.41, 5.74) is 1.48. The van der Waals surface area contributed by atoms with Crippen LogP contribution in [0.25, 0.3) is 10.8 Å². The molecule has 1 N–H and O–H groups in total. The van der Waals surface area contributed by atoms with E-state index < -0.39 is 0 Å². The Hall–Kier alpha value is -2.92. The lowest BCUT2D eigenvalue weighted by Crippen LogP contribution is -2.30. The highest BCUT2D eigenvalue weighted by Gasteiger charge is 2.17. The SMILES string of the molecule is O=C(NCC1CCOC1)c1ccc(CCOc2cccc3ccccc23)cn1. The van der Waals surface area contributed by atoms with Gasteiger partial charge in [-0.2, -0.15) is 0 Å². The van der Waals surface area contributed by atoms with Crippen molar-refractivity contribution >= 4 is 16.7 Å². The summed E-state index contributed by atoms with van der Waals surface area (Å²) in [4.78, 5) is 16.5. The van der Waals surface area contributed by atoms with Crippen LogP contribution in [-0.2, 0) is 11.2 Å². The normalized spacial score (nSPS) is 16.2. The number of amides is 1. The predicted octanol–water partition coefficient (Wildman–Crippen LogP) is 3.62. The molecule has 1 atom stereocenters. The molecule has 144 valence electrons. The molecule has 0 bridgehead atoms. The number of carbonyl (C=O) groups is 1. The second-order valence-corrected chi connectivity index (χ2v) is 7.07. The zero-order valence-corrected chi connectivity index (χ0v) is 15.8. The van der Waals surface area contributed by atoms with Crippen LogP contribution in [0.1, 0.15) is 22.5 Å². The van der Waals surface area contributed by atoms with Crippen LogP contribution in [0.3, 0.4) is 0 Å². The standard InChI is InChI=1S/C23H24N2O3/c26-23(25-15-18-10-12-27-16-18)21-9-8-17(14-24-21)11-13-28-22-7-3-5-19-4-1-2-6-20(19)22/h1-9,14,18H,10-13,15-16H2,(H,25,26). The number of pyridine rings is 1. The van der Waals surface area contributed by atoms with Gasteiger partial charge in [-0.15, -0.1) is 0 Å². The van der Waals surface area contributed by atoms with E-state index in [1.165, 1.54) is 5.39 Å². The summed E-state index contributed by atoms with van der Waals surface area (Å²) in [7, 11) is 0. The number of hydrogen-bond acceptors (Lipinski definition) is 4. The number of aromatic nitrogens is 1. The maximum atomic E-state index is 12.2. The van der Waals surface area contributed by atoms with Crippen LogP contribution in [0.5, 0.6) is 5.75 Å². The quantitative estimate of drug-likeness (QED) is 0.684. The molecule has 1 aromatic heterocycles. The summed E-state index contributed by atoms with van der Waals surface area (Å²) >= 11 is 0. The minimum atomic E-state index is -0.134. The Morgan fingerprint density at radius 1 is 1.14 bits per heavy atom. The van der Waals surface area contributed by atoms with Gasteiger partial charge < -0.3 is 14.8 Å². The first kappa shape index (κ1) is 18.4. The number of rotatable bonds is 7. The van der Waals surface area contributed by atoms with Crippen molar-refractivity contribution < 1.29 is 14.3 Å². The Bertz CT molecular complexity index is 929. The topological polar surface area (TPSA) is 60.5 Å². The van der Waals surface area contributed by atoms with Crippen molar-refractivity contribution in [3.63, 3.8) is 0 Å². The molecule has 28 heavy (non-hydrogen) atoms. The molecule has 1 aliphatic heterocycles.